The monoisotopic (exact) mass is 244 g/mol. The summed E-state index contributed by atoms with van der Waals surface area (Å²) in [4.78, 5) is 3.01. The average molecular weight is 244 g/mol. The van der Waals surface area contributed by atoms with Gasteiger partial charge in [0.25, 0.3) is 0 Å². The summed E-state index contributed by atoms with van der Waals surface area (Å²) >= 11 is 16.2. The van der Waals surface area contributed by atoms with Crippen LogP contribution in [0.5, 0.6) is 0 Å². The van der Waals surface area contributed by atoms with E-state index in [0.717, 1.165) is 21.0 Å². The molecule has 1 fully saturated rings. The first-order chi connectivity index (χ1) is 6.27. The maximum Gasteiger partial charge on any atom is 0.0535 e. The fraction of sp³-hybridized carbons (Fsp3) is 0.727. The van der Waals surface area contributed by atoms with E-state index >= 15 is 0 Å². The van der Waals surface area contributed by atoms with Crippen LogP contribution in [0.25, 0.3) is 0 Å². The van der Waals surface area contributed by atoms with Crippen LogP contribution in [0.4, 0.5) is 0 Å². The van der Waals surface area contributed by atoms with Crippen molar-refractivity contribution in [1.29, 1.82) is 0 Å². The van der Waals surface area contributed by atoms with E-state index < -0.39 is 0 Å². The van der Waals surface area contributed by atoms with E-state index in [2.05, 4.69) is 20.8 Å². The average Bonchev–Trinajstić information content (AvgIpc) is 2.00. The summed E-state index contributed by atoms with van der Waals surface area (Å²) < 4.78 is 0. The van der Waals surface area contributed by atoms with E-state index in [1.807, 2.05) is 6.92 Å². The zero-order valence-electron chi connectivity index (χ0n) is 9.09. The highest BCUT2D eigenvalue weighted by atomic mass is 32.1. The molecule has 78 valence electrons. The minimum atomic E-state index is 0.0990. The molecule has 1 rings (SSSR count). The third-order valence-corrected chi connectivity index (χ3v) is 4.58. The van der Waals surface area contributed by atoms with Crippen molar-refractivity contribution in [3.8, 4) is 0 Å². The van der Waals surface area contributed by atoms with Gasteiger partial charge in [0, 0.05) is 14.6 Å². The molecule has 0 heterocycles. The smallest absolute Gasteiger partial charge is 0.0535 e. The molecular formula is C11H16S3. The van der Waals surface area contributed by atoms with E-state index in [4.69, 9.17) is 36.7 Å². The molecule has 0 radical (unpaired) electrons. The second-order valence-electron chi connectivity index (χ2n) is 4.80. The van der Waals surface area contributed by atoms with Crippen molar-refractivity contribution in [2.45, 2.75) is 34.1 Å². The lowest BCUT2D eigenvalue weighted by molar-refractivity contribution is 0.413. The van der Waals surface area contributed by atoms with Gasteiger partial charge in [-0.15, -0.1) is 0 Å². The largest absolute Gasteiger partial charge is 0.0889 e. The Balaban J connectivity index is 3.08. The van der Waals surface area contributed by atoms with Crippen LogP contribution in [0.1, 0.15) is 34.1 Å². The summed E-state index contributed by atoms with van der Waals surface area (Å²) in [5.41, 5.74) is 0.0990. The Morgan fingerprint density at radius 1 is 1.36 bits per heavy atom. The van der Waals surface area contributed by atoms with Crippen LogP contribution in [0.3, 0.4) is 0 Å². The summed E-state index contributed by atoms with van der Waals surface area (Å²) in [6.07, 6.45) is 1.06. The van der Waals surface area contributed by atoms with Crippen LogP contribution < -0.4 is 0 Å². The Morgan fingerprint density at radius 3 is 2.29 bits per heavy atom. The summed E-state index contributed by atoms with van der Waals surface area (Å²) in [7, 11) is 0. The SMILES string of the molecule is CC(=S)C1C(=S)C(C)CC(C)(C)C1=S. The summed E-state index contributed by atoms with van der Waals surface area (Å²) in [6, 6.07) is 0. The zero-order valence-corrected chi connectivity index (χ0v) is 11.5. The molecule has 0 aromatic rings. The van der Waals surface area contributed by atoms with Crippen molar-refractivity contribution >= 4 is 51.2 Å². The van der Waals surface area contributed by atoms with Crippen molar-refractivity contribution in [2.75, 3.05) is 0 Å². The Hall–Kier alpha value is 0.270. The molecule has 0 spiro atoms. The number of hydrogen-bond acceptors (Lipinski definition) is 3. The first-order valence-electron chi connectivity index (χ1n) is 4.86. The van der Waals surface area contributed by atoms with Crippen molar-refractivity contribution in [2.24, 2.45) is 17.3 Å². The molecule has 0 aromatic carbocycles. The Labute approximate surface area is 102 Å². The third-order valence-electron chi connectivity index (χ3n) is 2.92. The molecule has 3 heteroatoms. The quantitative estimate of drug-likeness (QED) is 0.644. The molecule has 1 saturated carbocycles. The van der Waals surface area contributed by atoms with Gasteiger partial charge in [-0.3, -0.25) is 0 Å². The van der Waals surface area contributed by atoms with Crippen LogP contribution >= 0.6 is 36.7 Å². The van der Waals surface area contributed by atoms with Gasteiger partial charge in [0.15, 0.2) is 0 Å². The highest BCUT2D eigenvalue weighted by molar-refractivity contribution is 7.84. The highest BCUT2D eigenvalue weighted by Crippen LogP contribution is 2.39. The lowest BCUT2D eigenvalue weighted by atomic mass is 9.67. The maximum atomic E-state index is 5.49. The van der Waals surface area contributed by atoms with Crippen LogP contribution in [0.15, 0.2) is 0 Å². The van der Waals surface area contributed by atoms with Gasteiger partial charge in [0.1, 0.15) is 0 Å². The Morgan fingerprint density at radius 2 is 1.86 bits per heavy atom. The van der Waals surface area contributed by atoms with E-state index in [1.54, 1.807) is 0 Å². The van der Waals surface area contributed by atoms with Crippen molar-refractivity contribution in [1.82, 2.24) is 0 Å². The second-order valence-corrected chi connectivity index (χ2v) is 6.35. The molecule has 0 aromatic heterocycles. The van der Waals surface area contributed by atoms with Gasteiger partial charge in [-0.05, 0) is 24.7 Å². The van der Waals surface area contributed by atoms with E-state index in [1.165, 1.54) is 0 Å². The molecule has 14 heavy (non-hydrogen) atoms. The van der Waals surface area contributed by atoms with Crippen molar-refractivity contribution in [3.63, 3.8) is 0 Å². The number of rotatable bonds is 1. The molecule has 0 bridgehead atoms. The topological polar surface area (TPSA) is 0 Å². The van der Waals surface area contributed by atoms with E-state index in [0.29, 0.717) is 5.92 Å². The molecule has 1 aliphatic rings. The van der Waals surface area contributed by atoms with Crippen LogP contribution in [-0.2, 0) is 0 Å². The van der Waals surface area contributed by atoms with Gasteiger partial charge in [-0.1, -0.05) is 57.4 Å². The lowest BCUT2D eigenvalue weighted by Gasteiger charge is -2.40. The molecular weight excluding hydrogens is 228 g/mol. The molecule has 2 unspecified atom stereocenters. The van der Waals surface area contributed by atoms with Gasteiger partial charge in [-0.25, -0.2) is 0 Å². The standard InChI is InChI=1S/C11H16S3/c1-6-5-11(3,4)10(14)8(7(2)12)9(6)13/h6,8H,5H2,1-4H3. The van der Waals surface area contributed by atoms with Crippen molar-refractivity contribution in [3.05, 3.63) is 0 Å². The molecule has 1 aliphatic carbocycles. The van der Waals surface area contributed by atoms with Gasteiger partial charge in [-0.2, -0.15) is 0 Å². The van der Waals surface area contributed by atoms with E-state index in [-0.39, 0.29) is 11.3 Å². The van der Waals surface area contributed by atoms with Gasteiger partial charge < -0.3 is 0 Å². The fourth-order valence-electron chi connectivity index (χ4n) is 2.16. The maximum absolute atomic E-state index is 5.49. The molecule has 2 atom stereocenters. The van der Waals surface area contributed by atoms with Gasteiger partial charge in [0.05, 0.1) is 5.92 Å². The summed E-state index contributed by atoms with van der Waals surface area (Å²) in [5, 5.41) is 0. The number of thiocarbonyl (C=S) groups is 3. The van der Waals surface area contributed by atoms with Crippen molar-refractivity contribution < 1.29 is 0 Å². The normalized spacial score (nSPS) is 31.7. The van der Waals surface area contributed by atoms with Crippen LogP contribution in [0.2, 0.25) is 0 Å². The minimum Gasteiger partial charge on any atom is -0.0889 e. The van der Waals surface area contributed by atoms with Crippen LogP contribution in [-0.4, -0.2) is 14.6 Å². The van der Waals surface area contributed by atoms with Crippen LogP contribution in [0, 0.1) is 17.3 Å². The molecule has 0 saturated heterocycles. The zero-order chi connectivity index (χ0) is 11.1. The molecule has 0 N–H and O–H groups in total. The molecule has 0 aliphatic heterocycles. The first-order valence-corrected chi connectivity index (χ1v) is 6.08. The lowest BCUT2D eigenvalue weighted by Crippen LogP contribution is -2.45. The highest BCUT2D eigenvalue weighted by Gasteiger charge is 2.41. The first kappa shape index (κ1) is 12.3. The molecule has 0 nitrogen and oxygen atoms in total. The number of hydrogen-bond donors (Lipinski definition) is 0. The predicted octanol–water partition coefficient (Wildman–Crippen LogP) is 3.80. The third kappa shape index (κ3) is 2.10. The van der Waals surface area contributed by atoms with Gasteiger partial charge >= 0.3 is 0 Å². The Kier molecular flexibility index (Phi) is 3.55. The van der Waals surface area contributed by atoms with E-state index in [9.17, 15) is 0 Å². The Bertz CT molecular complexity index is 302. The minimum absolute atomic E-state index is 0.0990. The summed E-state index contributed by atoms with van der Waals surface area (Å²) in [5.74, 6) is 0.559. The van der Waals surface area contributed by atoms with Gasteiger partial charge in [0.2, 0.25) is 0 Å². The fourth-order valence-corrected chi connectivity index (χ4v) is 3.39. The summed E-state index contributed by atoms with van der Waals surface area (Å²) in [6.45, 7) is 8.52. The second kappa shape index (κ2) is 4.03. The molecule has 0 amide bonds. The predicted molar refractivity (Wildman–Crippen MR) is 74.5 cm³/mol.